The van der Waals surface area contributed by atoms with Gasteiger partial charge in [0.1, 0.15) is 17.5 Å². The molecule has 0 aliphatic carbocycles. The fourth-order valence-electron chi connectivity index (χ4n) is 3.79. The van der Waals surface area contributed by atoms with Crippen molar-refractivity contribution in [1.82, 2.24) is 25.1 Å². The van der Waals surface area contributed by atoms with E-state index in [2.05, 4.69) is 36.1 Å². The van der Waals surface area contributed by atoms with Gasteiger partial charge in [-0.1, -0.05) is 18.2 Å². The molecular formula is C26H29N9O3. The molecule has 196 valence electrons. The smallest absolute Gasteiger partial charge is 0.410 e. The molecule has 1 saturated heterocycles. The fraction of sp³-hybridized carbons (Fsp3) is 0.346. The molecule has 0 spiro atoms. The van der Waals surface area contributed by atoms with Crippen LogP contribution in [0.2, 0.25) is 0 Å². The highest BCUT2D eigenvalue weighted by Crippen LogP contribution is 2.24. The number of ether oxygens (including phenoxy) is 1. The van der Waals surface area contributed by atoms with E-state index in [4.69, 9.17) is 10.00 Å². The summed E-state index contributed by atoms with van der Waals surface area (Å²) in [4.78, 5) is 35.3. The number of nitriles is 1. The molecule has 1 aliphatic rings. The zero-order valence-electron chi connectivity index (χ0n) is 21.4. The van der Waals surface area contributed by atoms with Crippen molar-refractivity contribution in [1.29, 1.82) is 5.26 Å². The maximum absolute atomic E-state index is 13.0. The molecular weight excluding hydrogens is 486 g/mol. The average Bonchev–Trinajstić information content (AvgIpc) is 3.37. The van der Waals surface area contributed by atoms with Crippen LogP contribution in [0.1, 0.15) is 43.4 Å². The Morgan fingerprint density at radius 1 is 1.13 bits per heavy atom. The van der Waals surface area contributed by atoms with Crippen molar-refractivity contribution >= 4 is 35.0 Å². The summed E-state index contributed by atoms with van der Waals surface area (Å²) < 4.78 is 5.49. The number of hydrogen-bond donors (Lipinski definition) is 3. The first-order valence-electron chi connectivity index (χ1n) is 12.2. The van der Waals surface area contributed by atoms with Crippen molar-refractivity contribution in [2.75, 3.05) is 35.6 Å². The Kier molecular flexibility index (Phi) is 7.96. The molecule has 1 atom stereocenters. The Bertz CT molecular complexity index is 1320. The van der Waals surface area contributed by atoms with Crippen molar-refractivity contribution in [2.45, 2.75) is 32.8 Å². The van der Waals surface area contributed by atoms with Gasteiger partial charge in [0.25, 0.3) is 5.91 Å². The number of anilines is 4. The molecule has 3 aromatic rings. The number of likely N-dealkylation sites (tertiary alicyclic amines) is 1. The van der Waals surface area contributed by atoms with Gasteiger partial charge in [0.15, 0.2) is 17.2 Å². The first-order chi connectivity index (χ1) is 18.2. The van der Waals surface area contributed by atoms with Gasteiger partial charge < -0.3 is 25.6 Å². The highest BCUT2D eigenvalue weighted by molar-refractivity contribution is 6.06. The molecule has 12 heteroatoms. The van der Waals surface area contributed by atoms with Crippen LogP contribution in [-0.2, 0) is 4.74 Å². The second-order valence-electron chi connectivity index (χ2n) is 9.80. The summed E-state index contributed by atoms with van der Waals surface area (Å²) in [7, 11) is 0. The third kappa shape index (κ3) is 7.13. The number of nitrogens with zero attached hydrogens (tertiary/aromatic N) is 6. The molecule has 0 saturated carbocycles. The van der Waals surface area contributed by atoms with Gasteiger partial charge >= 0.3 is 6.09 Å². The number of para-hydroxylation sites is 1. The van der Waals surface area contributed by atoms with Gasteiger partial charge in [-0.25, -0.2) is 14.8 Å². The Hall–Kier alpha value is -4.79. The molecule has 3 heterocycles. The lowest BCUT2D eigenvalue weighted by Gasteiger charge is -2.24. The molecule has 2 aromatic heterocycles. The number of carbonyl (C=O) groups is 2. The topological polar surface area (TPSA) is 158 Å². The summed E-state index contributed by atoms with van der Waals surface area (Å²) in [6, 6.07) is 12.6. The number of aromatic nitrogens is 4. The van der Waals surface area contributed by atoms with Crippen LogP contribution in [0.25, 0.3) is 0 Å². The number of hydrogen-bond acceptors (Lipinski definition) is 10. The number of amides is 2. The van der Waals surface area contributed by atoms with E-state index in [0.29, 0.717) is 42.6 Å². The van der Waals surface area contributed by atoms with Crippen molar-refractivity contribution in [3.8, 4) is 6.07 Å². The van der Waals surface area contributed by atoms with Crippen molar-refractivity contribution in [2.24, 2.45) is 5.92 Å². The van der Waals surface area contributed by atoms with E-state index in [0.717, 1.165) is 6.42 Å². The molecule has 4 rings (SSSR count). The largest absolute Gasteiger partial charge is 0.444 e. The number of benzene rings is 1. The summed E-state index contributed by atoms with van der Waals surface area (Å²) in [6.45, 7) is 7.17. The fourth-order valence-corrected chi connectivity index (χ4v) is 3.79. The molecule has 12 nitrogen and oxygen atoms in total. The third-order valence-electron chi connectivity index (χ3n) is 5.58. The Morgan fingerprint density at radius 2 is 1.92 bits per heavy atom. The normalized spacial score (nSPS) is 14.9. The summed E-state index contributed by atoms with van der Waals surface area (Å²) in [5.74, 6) is 0.443. The lowest BCUT2D eigenvalue weighted by Crippen LogP contribution is -2.35. The minimum atomic E-state index is -0.556. The van der Waals surface area contributed by atoms with E-state index in [1.165, 1.54) is 12.4 Å². The van der Waals surface area contributed by atoms with Gasteiger partial charge in [0.2, 0.25) is 0 Å². The van der Waals surface area contributed by atoms with Crippen LogP contribution < -0.4 is 16.0 Å². The quantitative estimate of drug-likeness (QED) is 0.422. The summed E-state index contributed by atoms with van der Waals surface area (Å²) in [6.07, 6.45) is 3.21. The van der Waals surface area contributed by atoms with Crippen LogP contribution >= 0.6 is 0 Å². The van der Waals surface area contributed by atoms with E-state index in [1.807, 2.05) is 45.0 Å². The number of carbonyl (C=O) groups excluding carboxylic acids is 2. The molecule has 0 radical (unpaired) electrons. The Balaban J connectivity index is 1.48. The second-order valence-corrected chi connectivity index (χ2v) is 9.80. The lowest BCUT2D eigenvalue weighted by molar-refractivity contribution is 0.0289. The Morgan fingerprint density at radius 3 is 2.61 bits per heavy atom. The van der Waals surface area contributed by atoms with E-state index in [-0.39, 0.29) is 23.4 Å². The molecule has 1 fully saturated rings. The predicted molar refractivity (Wildman–Crippen MR) is 141 cm³/mol. The lowest BCUT2D eigenvalue weighted by atomic mass is 10.1. The van der Waals surface area contributed by atoms with Gasteiger partial charge in [-0.3, -0.25) is 4.79 Å². The Labute approximate surface area is 220 Å². The van der Waals surface area contributed by atoms with Crippen molar-refractivity contribution < 1.29 is 14.3 Å². The molecule has 0 bridgehead atoms. The molecule has 38 heavy (non-hydrogen) atoms. The van der Waals surface area contributed by atoms with Crippen LogP contribution in [0.4, 0.5) is 27.8 Å². The zero-order valence-corrected chi connectivity index (χ0v) is 21.4. The maximum Gasteiger partial charge on any atom is 0.410 e. The van der Waals surface area contributed by atoms with E-state index in [1.54, 1.807) is 23.1 Å². The minimum Gasteiger partial charge on any atom is -0.444 e. The van der Waals surface area contributed by atoms with Crippen molar-refractivity contribution in [3.63, 3.8) is 0 Å². The van der Waals surface area contributed by atoms with Gasteiger partial charge in [0, 0.05) is 31.4 Å². The van der Waals surface area contributed by atoms with Crippen LogP contribution in [-0.4, -0.2) is 62.3 Å². The minimum absolute atomic E-state index is 0.118. The summed E-state index contributed by atoms with van der Waals surface area (Å²) in [5, 5.41) is 26.3. The van der Waals surface area contributed by atoms with Crippen LogP contribution in [0.5, 0.6) is 0 Å². The molecule has 1 aromatic carbocycles. The predicted octanol–water partition coefficient (Wildman–Crippen LogP) is 3.80. The van der Waals surface area contributed by atoms with Crippen LogP contribution in [0.15, 0.2) is 48.8 Å². The number of rotatable bonds is 7. The van der Waals surface area contributed by atoms with Gasteiger partial charge in [-0.15, -0.1) is 10.2 Å². The van der Waals surface area contributed by atoms with Gasteiger partial charge in [-0.2, -0.15) is 5.26 Å². The molecule has 2 amide bonds. The monoisotopic (exact) mass is 515 g/mol. The van der Waals surface area contributed by atoms with Crippen molar-refractivity contribution in [3.05, 3.63) is 60.2 Å². The standard InChI is InChI=1S/C26H29N9O3/c1-26(2,3)38-25(37)35-10-9-17(16-35)13-29-20-11-21(32-22-15-28-19(12-27)14-30-22)33-34-23(20)24(36)31-18-7-5-4-6-8-18/h4-8,11,14-15,17H,9-10,13,16H2,1-3H3,(H,31,36)(H2,29,30,32,33). The van der Waals surface area contributed by atoms with Crippen LogP contribution in [0.3, 0.4) is 0 Å². The summed E-state index contributed by atoms with van der Waals surface area (Å²) >= 11 is 0. The molecule has 3 N–H and O–H groups in total. The van der Waals surface area contributed by atoms with Gasteiger partial charge in [-0.05, 0) is 45.2 Å². The average molecular weight is 516 g/mol. The SMILES string of the molecule is CC(C)(C)OC(=O)N1CCC(CNc2cc(Nc3cnc(C#N)cn3)nnc2C(=O)Nc2ccccc2)C1. The first kappa shape index (κ1) is 26.3. The van der Waals surface area contributed by atoms with E-state index < -0.39 is 11.5 Å². The number of nitrogens with one attached hydrogen (secondary N) is 3. The summed E-state index contributed by atoms with van der Waals surface area (Å²) in [5.41, 5.74) is 0.846. The van der Waals surface area contributed by atoms with E-state index >= 15 is 0 Å². The van der Waals surface area contributed by atoms with E-state index in [9.17, 15) is 9.59 Å². The highest BCUT2D eigenvalue weighted by Gasteiger charge is 2.30. The highest BCUT2D eigenvalue weighted by atomic mass is 16.6. The van der Waals surface area contributed by atoms with Crippen LogP contribution in [0, 0.1) is 17.2 Å². The first-order valence-corrected chi connectivity index (χ1v) is 12.2. The van der Waals surface area contributed by atoms with Gasteiger partial charge in [0.05, 0.1) is 18.1 Å². The maximum atomic E-state index is 13.0. The zero-order chi connectivity index (χ0) is 27.1. The molecule has 1 unspecified atom stereocenters. The molecule has 1 aliphatic heterocycles. The third-order valence-corrected chi connectivity index (χ3v) is 5.58. The second kappa shape index (κ2) is 11.5.